The lowest BCUT2D eigenvalue weighted by Gasteiger charge is -2.06. The van der Waals surface area contributed by atoms with Crippen molar-refractivity contribution in [3.63, 3.8) is 0 Å². The first-order valence-electron chi connectivity index (χ1n) is 4.74. The molecule has 0 N–H and O–H groups in total. The highest BCUT2D eigenvalue weighted by atomic mass is 35.5. The predicted octanol–water partition coefficient (Wildman–Crippen LogP) is 4.27. The highest BCUT2D eigenvalue weighted by molar-refractivity contribution is 6.32. The second-order valence-electron chi connectivity index (χ2n) is 3.13. The van der Waals surface area contributed by atoms with E-state index in [1.807, 2.05) is 30.3 Å². The van der Waals surface area contributed by atoms with E-state index < -0.39 is 0 Å². The van der Waals surface area contributed by atoms with E-state index in [2.05, 4.69) is 4.98 Å². The molecule has 16 heavy (non-hydrogen) atoms. The summed E-state index contributed by atoms with van der Waals surface area (Å²) < 4.78 is 5.55. The van der Waals surface area contributed by atoms with Crippen LogP contribution in [-0.2, 0) is 5.88 Å². The van der Waals surface area contributed by atoms with E-state index in [4.69, 9.17) is 27.9 Å². The fourth-order valence-electron chi connectivity index (χ4n) is 1.22. The molecule has 4 heteroatoms. The van der Waals surface area contributed by atoms with Crippen LogP contribution in [0.4, 0.5) is 0 Å². The summed E-state index contributed by atoms with van der Waals surface area (Å²) >= 11 is 11.6. The Morgan fingerprint density at radius 1 is 1.06 bits per heavy atom. The van der Waals surface area contributed by atoms with Crippen LogP contribution < -0.4 is 4.74 Å². The zero-order valence-electron chi connectivity index (χ0n) is 8.36. The number of para-hydroxylation sites is 1. The van der Waals surface area contributed by atoms with Gasteiger partial charge >= 0.3 is 0 Å². The van der Waals surface area contributed by atoms with Crippen molar-refractivity contribution in [1.29, 1.82) is 0 Å². The number of halogens is 2. The summed E-state index contributed by atoms with van der Waals surface area (Å²) in [5, 5.41) is 0.551. The van der Waals surface area contributed by atoms with Gasteiger partial charge in [0.15, 0.2) is 0 Å². The van der Waals surface area contributed by atoms with E-state index >= 15 is 0 Å². The maximum Gasteiger partial charge on any atom is 0.219 e. The summed E-state index contributed by atoms with van der Waals surface area (Å²) in [6.07, 6.45) is 0. The van der Waals surface area contributed by atoms with Crippen LogP contribution in [0.2, 0.25) is 5.02 Å². The van der Waals surface area contributed by atoms with Crippen LogP contribution in [0.25, 0.3) is 0 Å². The third kappa shape index (κ3) is 2.65. The highest BCUT2D eigenvalue weighted by Crippen LogP contribution is 2.23. The van der Waals surface area contributed by atoms with Gasteiger partial charge in [0, 0.05) is 6.07 Å². The monoisotopic (exact) mass is 253 g/mol. The lowest BCUT2D eigenvalue weighted by Crippen LogP contribution is -1.92. The molecule has 0 radical (unpaired) electrons. The largest absolute Gasteiger partial charge is 0.439 e. The number of benzene rings is 1. The molecule has 0 aliphatic rings. The molecular formula is C12H9Cl2NO. The van der Waals surface area contributed by atoms with Gasteiger partial charge in [-0.15, -0.1) is 11.6 Å². The normalized spacial score (nSPS) is 10.1. The van der Waals surface area contributed by atoms with Gasteiger partial charge in [0.2, 0.25) is 5.88 Å². The summed E-state index contributed by atoms with van der Waals surface area (Å²) in [5.74, 6) is 1.49. The van der Waals surface area contributed by atoms with Crippen LogP contribution in [0.1, 0.15) is 5.69 Å². The molecule has 0 bridgehead atoms. The number of aromatic nitrogens is 1. The molecule has 0 atom stereocenters. The van der Waals surface area contributed by atoms with Crippen molar-refractivity contribution in [3.05, 3.63) is 53.2 Å². The van der Waals surface area contributed by atoms with E-state index in [1.165, 1.54) is 0 Å². The van der Waals surface area contributed by atoms with E-state index in [0.717, 1.165) is 5.75 Å². The minimum absolute atomic E-state index is 0.269. The Morgan fingerprint density at radius 2 is 1.81 bits per heavy atom. The molecule has 0 spiro atoms. The molecule has 0 saturated carbocycles. The van der Waals surface area contributed by atoms with Crippen molar-refractivity contribution in [2.45, 2.75) is 5.88 Å². The number of alkyl halides is 1. The Hall–Kier alpha value is -1.25. The molecular weight excluding hydrogens is 245 g/mol. The molecule has 0 unspecified atom stereocenters. The van der Waals surface area contributed by atoms with E-state index in [1.54, 1.807) is 12.1 Å². The lowest BCUT2D eigenvalue weighted by molar-refractivity contribution is 0.461. The smallest absolute Gasteiger partial charge is 0.219 e. The first kappa shape index (κ1) is 11.2. The van der Waals surface area contributed by atoms with Crippen molar-refractivity contribution in [2.24, 2.45) is 0 Å². The van der Waals surface area contributed by atoms with Gasteiger partial charge < -0.3 is 4.74 Å². The standard InChI is InChI=1S/C12H9Cl2NO/c13-8-11-10(14)6-7-12(15-11)16-9-4-2-1-3-5-9/h1-7H,8H2. The quantitative estimate of drug-likeness (QED) is 0.763. The zero-order chi connectivity index (χ0) is 11.4. The van der Waals surface area contributed by atoms with Crippen molar-refractivity contribution in [2.75, 3.05) is 0 Å². The Labute approximate surface area is 104 Å². The maximum atomic E-state index is 5.90. The third-order valence-electron chi connectivity index (χ3n) is 1.99. The Morgan fingerprint density at radius 3 is 2.50 bits per heavy atom. The zero-order valence-corrected chi connectivity index (χ0v) is 9.87. The SMILES string of the molecule is ClCc1nc(Oc2ccccc2)ccc1Cl. The summed E-state index contributed by atoms with van der Waals surface area (Å²) in [5.41, 5.74) is 0.622. The second kappa shape index (κ2) is 5.19. The maximum absolute atomic E-state index is 5.90. The molecule has 0 saturated heterocycles. The minimum atomic E-state index is 0.269. The summed E-state index contributed by atoms with van der Waals surface area (Å²) in [6, 6.07) is 12.9. The number of ether oxygens (including phenoxy) is 1. The molecule has 82 valence electrons. The number of rotatable bonds is 3. The van der Waals surface area contributed by atoms with Crippen LogP contribution >= 0.6 is 23.2 Å². The minimum Gasteiger partial charge on any atom is -0.439 e. The Balaban J connectivity index is 2.22. The predicted molar refractivity (Wildman–Crippen MR) is 65.3 cm³/mol. The van der Waals surface area contributed by atoms with Gasteiger partial charge in [0.25, 0.3) is 0 Å². The van der Waals surface area contributed by atoms with Gasteiger partial charge in [0.1, 0.15) is 5.75 Å². The number of hydrogen-bond donors (Lipinski definition) is 0. The first-order valence-corrected chi connectivity index (χ1v) is 5.65. The van der Waals surface area contributed by atoms with Gasteiger partial charge in [-0.05, 0) is 18.2 Å². The molecule has 1 heterocycles. The molecule has 0 amide bonds. The third-order valence-corrected chi connectivity index (χ3v) is 2.58. The summed E-state index contributed by atoms with van der Waals surface area (Å²) in [6.45, 7) is 0. The second-order valence-corrected chi connectivity index (χ2v) is 3.80. The molecule has 2 rings (SSSR count). The van der Waals surface area contributed by atoms with Crippen LogP contribution in [0.15, 0.2) is 42.5 Å². The molecule has 1 aromatic heterocycles. The van der Waals surface area contributed by atoms with Crippen molar-refractivity contribution < 1.29 is 4.74 Å². The van der Waals surface area contributed by atoms with E-state index in [9.17, 15) is 0 Å². The fourth-order valence-corrected chi connectivity index (χ4v) is 1.67. The molecule has 2 nitrogen and oxygen atoms in total. The highest BCUT2D eigenvalue weighted by Gasteiger charge is 2.04. The van der Waals surface area contributed by atoms with Crippen molar-refractivity contribution >= 4 is 23.2 Å². The number of hydrogen-bond acceptors (Lipinski definition) is 2. The van der Waals surface area contributed by atoms with Gasteiger partial charge in [-0.2, -0.15) is 0 Å². The summed E-state index contributed by atoms with van der Waals surface area (Å²) in [4.78, 5) is 4.20. The first-order chi connectivity index (χ1) is 7.79. The van der Waals surface area contributed by atoms with Crippen LogP contribution in [0.5, 0.6) is 11.6 Å². The van der Waals surface area contributed by atoms with Crippen LogP contribution in [0, 0.1) is 0 Å². The van der Waals surface area contributed by atoms with Gasteiger partial charge in [-0.1, -0.05) is 29.8 Å². The molecule has 0 fully saturated rings. The topological polar surface area (TPSA) is 22.1 Å². The van der Waals surface area contributed by atoms with E-state index in [0.29, 0.717) is 16.6 Å². The van der Waals surface area contributed by atoms with Crippen LogP contribution in [-0.4, -0.2) is 4.98 Å². The number of pyridine rings is 1. The molecule has 0 aliphatic heterocycles. The summed E-state index contributed by atoms with van der Waals surface area (Å²) in [7, 11) is 0. The molecule has 2 aromatic rings. The fraction of sp³-hybridized carbons (Fsp3) is 0.0833. The van der Waals surface area contributed by atoms with Gasteiger partial charge in [-0.25, -0.2) is 4.98 Å². The lowest BCUT2D eigenvalue weighted by atomic mass is 10.3. The van der Waals surface area contributed by atoms with Gasteiger partial charge in [0.05, 0.1) is 16.6 Å². The van der Waals surface area contributed by atoms with Gasteiger partial charge in [-0.3, -0.25) is 0 Å². The Bertz CT molecular complexity index is 474. The number of nitrogens with zero attached hydrogens (tertiary/aromatic N) is 1. The van der Waals surface area contributed by atoms with E-state index in [-0.39, 0.29) is 5.88 Å². The van der Waals surface area contributed by atoms with Crippen molar-refractivity contribution in [3.8, 4) is 11.6 Å². The van der Waals surface area contributed by atoms with Crippen LogP contribution in [0.3, 0.4) is 0 Å². The molecule has 1 aromatic carbocycles. The average Bonchev–Trinajstić information content (AvgIpc) is 2.33. The van der Waals surface area contributed by atoms with Crippen molar-refractivity contribution in [1.82, 2.24) is 4.98 Å². The molecule has 0 aliphatic carbocycles. The average molecular weight is 254 g/mol. The Kier molecular flexibility index (Phi) is 3.65.